The lowest BCUT2D eigenvalue weighted by Crippen LogP contribution is -2.22. The van der Waals surface area contributed by atoms with E-state index in [1.54, 1.807) is 6.20 Å². The Morgan fingerprint density at radius 3 is 2.79 bits per heavy atom. The van der Waals surface area contributed by atoms with Crippen LogP contribution in [0.5, 0.6) is 0 Å². The van der Waals surface area contributed by atoms with E-state index in [0.717, 1.165) is 6.54 Å². The zero-order valence-corrected chi connectivity index (χ0v) is 8.32. The molecule has 0 aliphatic rings. The first kappa shape index (κ1) is 10.3. The van der Waals surface area contributed by atoms with Gasteiger partial charge in [-0.2, -0.15) is 0 Å². The lowest BCUT2D eigenvalue weighted by Gasteiger charge is -2.18. The van der Waals surface area contributed by atoms with Crippen molar-refractivity contribution in [2.45, 2.75) is 6.92 Å². The van der Waals surface area contributed by atoms with Crippen LogP contribution in [0.4, 0.5) is 11.5 Å². The Labute approximate surface area is 82.7 Å². The highest BCUT2D eigenvalue weighted by Crippen LogP contribution is 2.19. The van der Waals surface area contributed by atoms with Crippen molar-refractivity contribution in [2.24, 2.45) is 5.73 Å². The van der Waals surface area contributed by atoms with Crippen LogP contribution < -0.4 is 16.4 Å². The molecule has 0 saturated heterocycles. The summed E-state index contributed by atoms with van der Waals surface area (Å²) in [4.78, 5) is 16.9. The number of nitrogens with two attached hydrogens (primary N) is 2. The minimum Gasteiger partial charge on any atom is -0.384 e. The van der Waals surface area contributed by atoms with Gasteiger partial charge in [0.05, 0.1) is 17.4 Å². The standard InChI is InChI=1S/C9H14N4O/c1-3-13(2)7-5-12-8(10)4-6(7)9(11)14/h4-5H,3H2,1-2H3,(H2,10,12)(H2,11,14). The number of nitrogens with zero attached hydrogens (tertiary/aromatic N) is 2. The van der Waals surface area contributed by atoms with Crippen LogP contribution in [-0.2, 0) is 0 Å². The van der Waals surface area contributed by atoms with Gasteiger partial charge in [-0.1, -0.05) is 0 Å². The molecule has 0 aliphatic heterocycles. The topological polar surface area (TPSA) is 85.2 Å². The maximum absolute atomic E-state index is 11.1. The minimum absolute atomic E-state index is 0.298. The Morgan fingerprint density at radius 2 is 2.29 bits per heavy atom. The van der Waals surface area contributed by atoms with Crippen molar-refractivity contribution >= 4 is 17.4 Å². The number of anilines is 2. The maximum Gasteiger partial charge on any atom is 0.251 e. The van der Waals surface area contributed by atoms with Gasteiger partial charge in [0, 0.05) is 13.6 Å². The average molecular weight is 194 g/mol. The SMILES string of the molecule is CCN(C)c1cnc(N)cc1C(N)=O. The van der Waals surface area contributed by atoms with E-state index >= 15 is 0 Å². The highest BCUT2D eigenvalue weighted by molar-refractivity contribution is 5.99. The van der Waals surface area contributed by atoms with E-state index in [1.165, 1.54) is 6.07 Å². The molecular weight excluding hydrogens is 180 g/mol. The van der Waals surface area contributed by atoms with E-state index in [2.05, 4.69) is 4.98 Å². The fourth-order valence-electron chi connectivity index (χ4n) is 1.14. The number of carbonyl (C=O) groups is 1. The Kier molecular flexibility index (Phi) is 2.91. The molecule has 1 amide bonds. The number of hydrogen-bond acceptors (Lipinski definition) is 4. The van der Waals surface area contributed by atoms with Crippen LogP contribution in [0.15, 0.2) is 12.3 Å². The summed E-state index contributed by atoms with van der Waals surface area (Å²) in [5.74, 6) is -0.193. The van der Waals surface area contributed by atoms with Crippen LogP contribution >= 0.6 is 0 Å². The van der Waals surface area contributed by atoms with Crippen LogP contribution in [0.2, 0.25) is 0 Å². The lowest BCUT2D eigenvalue weighted by atomic mass is 10.2. The van der Waals surface area contributed by atoms with Crippen molar-refractivity contribution in [3.63, 3.8) is 0 Å². The zero-order chi connectivity index (χ0) is 10.7. The Hall–Kier alpha value is -1.78. The second-order valence-electron chi connectivity index (χ2n) is 3.00. The van der Waals surface area contributed by atoms with Gasteiger partial charge in [0.2, 0.25) is 0 Å². The molecule has 1 aromatic rings. The molecule has 1 rings (SSSR count). The molecule has 5 heteroatoms. The van der Waals surface area contributed by atoms with Crippen molar-refractivity contribution in [1.29, 1.82) is 0 Å². The maximum atomic E-state index is 11.1. The third kappa shape index (κ3) is 1.93. The molecule has 1 heterocycles. The summed E-state index contributed by atoms with van der Waals surface area (Å²) < 4.78 is 0. The van der Waals surface area contributed by atoms with E-state index in [-0.39, 0.29) is 0 Å². The van der Waals surface area contributed by atoms with E-state index < -0.39 is 5.91 Å². The molecule has 0 fully saturated rings. The third-order valence-electron chi connectivity index (χ3n) is 2.06. The second-order valence-corrected chi connectivity index (χ2v) is 3.00. The number of rotatable bonds is 3. The van der Waals surface area contributed by atoms with Gasteiger partial charge in [0.15, 0.2) is 0 Å². The van der Waals surface area contributed by atoms with Gasteiger partial charge < -0.3 is 16.4 Å². The zero-order valence-electron chi connectivity index (χ0n) is 8.32. The molecule has 0 aliphatic carbocycles. The van der Waals surface area contributed by atoms with Crippen LogP contribution in [-0.4, -0.2) is 24.5 Å². The van der Waals surface area contributed by atoms with Crippen molar-refractivity contribution < 1.29 is 4.79 Å². The number of nitrogen functional groups attached to an aromatic ring is 1. The van der Waals surface area contributed by atoms with E-state index in [1.807, 2.05) is 18.9 Å². The number of aromatic nitrogens is 1. The van der Waals surface area contributed by atoms with Crippen LogP contribution in [0, 0.1) is 0 Å². The molecule has 0 saturated carbocycles. The number of amides is 1. The van der Waals surface area contributed by atoms with E-state index in [0.29, 0.717) is 17.1 Å². The summed E-state index contributed by atoms with van der Waals surface area (Å²) >= 11 is 0. The molecule has 0 unspecified atom stereocenters. The van der Waals surface area contributed by atoms with Gasteiger partial charge in [0.1, 0.15) is 5.82 Å². The number of primary amides is 1. The predicted octanol–water partition coefficient (Wildman–Crippen LogP) is 0.219. The van der Waals surface area contributed by atoms with Crippen LogP contribution in [0.25, 0.3) is 0 Å². The van der Waals surface area contributed by atoms with Gasteiger partial charge in [-0.15, -0.1) is 0 Å². The van der Waals surface area contributed by atoms with Gasteiger partial charge in [-0.05, 0) is 13.0 Å². The first-order chi connectivity index (χ1) is 6.56. The quantitative estimate of drug-likeness (QED) is 0.720. The second kappa shape index (κ2) is 3.95. The molecule has 5 nitrogen and oxygen atoms in total. The predicted molar refractivity (Wildman–Crippen MR) is 56.1 cm³/mol. The van der Waals surface area contributed by atoms with Crippen LogP contribution in [0.1, 0.15) is 17.3 Å². The van der Waals surface area contributed by atoms with Crippen molar-refractivity contribution in [3.05, 3.63) is 17.8 Å². The minimum atomic E-state index is -0.491. The summed E-state index contributed by atoms with van der Waals surface area (Å²) in [6, 6.07) is 1.49. The van der Waals surface area contributed by atoms with Crippen molar-refractivity contribution in [2.75, 3.05) is 24.2 Å². The largest absolute Gasteiger partial charge is 0.384 e. The normalized spacial score (nSPS) is 9.86. The first-order valence-corrected chi connectivity index (χ1v) is 4.32. The Balaban J connectivity index is 3.21. The molecule has 0 radical (unpaired) electrons. The number of hydrogen-bond donors (Lipinski definition) is 2. The van der Waals surface area contributed by atoms with Gasteiger partial charge >= 0.3 is 0 Å². The van der Waals surface area contributed by atoms with Crippen molar-refractivity contribution in [3.8, 4) is 0 Å². The third-order valence-corrected chi connectivity index (χ3v) is 2.06. The summed E-state index contributed by atoms with van der Waals surface area (Å²) in [7, 11) is 1.86. The van der Waals surface area contributed by atoms with E-state index in [9.17, 15) is 4.79 Å². The molecule has 0 aromatic carbocycles. The van der Waals surface area contributed by atoms with Gasteiger partial charge in [-0.3, -0.25) is 4.79 Å². The number of carbonyl (C=O) groups excluding carboxylic acids is 1. The summed E-state index contributed by atoms with van der Waals surface area (Å²) in [6.45, 7) is 2.74. The van der Waals surface area contributed by atoms with Crippen molar-refractivity contribution in [1.82, 2.24) is 4.98 Å². The Bertz CT molecular complexity index is 351. The summed E-state index contributed by atoms with van der Waals surface area (Å²) in [5, 5.41) is 0. The molecule has 0 spiro atoms. The smallest absolute Gasteiger partial charge is 0.251 e. The molecule has 1 aromatic heterocycles. The fourth-order valence-corrected chi connectivity index (χ4v) is 1.14. The molecule has 76 valence electrons. The lowest BCUT2D eigenvalue weighted by molar-refractivity contribution is 0.100. The highest BCUT2D eigenvalue weighted by Gasteiger charge is 2.11. The van der Waals surface area contributed by atoms with Crippen LogP contribution in [0.3, 0.4) is 0 Å². The fraction of sp³-hybridized carbons (Fsp3) is 0.333. The molecule has 0 bridgehead atoms. The first-order valence-electron chi connectivity index (χ1n) is 4.32. The highest BCUT2D eigenvalue weighted by atomic mass is 16.1. The van der Waals surface area contributed by atoms with Gasteiger partial charge in [0.25, 0.3) is 5.91 Å². The van der Waals surface area contributed by atoms with E-state index in [4.69, 9.17) is 11.5 Å². The molecule has 4 N–H and O–H groups in total. The Morgan fingerprint density at radius 1 is 1.64 bits per heavy atom. The average Bonchev–Trinajstić information content (AvgIpc) is 2.16. The monoisotopic (exact) mass is 194 g/mol. The summed E-state index contributed by atoms with van der Waals surface area (Å²) in [6.07, 6.45) is 1.55. The molecule has 14 heavy (non-hydrogen) atoms. The summed E-state index contributed by atoms with van der Waals surface area (Å²) in [5.41, 5.74) is 11.8. The number of pyridine rings is 1. The molecule has 0 atom stereocenters. The van der Waals surface area contributed by atoms with Gasteiger partial charge in [-0.25, -0.2) is 4.98 Å². The molecular formula is C9H14N4O.